The zero-order valence-corrected chi connectivity index (χ0v) is 11.9. The van der Waals surface area contributed by atoms with Gasteiger partial charge in [-0.25, -0.2) is 0 Å². The van der Waals surface area contributed by atoms with Crippen LogP contribution in [0.15, 0.2) is 0 Å². The van der Waals surface area contributed by atoms with E-state index in [4.69, 9.17) is 23.7 Å². The number of rotatable bonds is 3. The average molecular weight is 289 g/mol. The predicted molar refractivity (Wildman–Crippen MR) is 64.4 cm³/mol. The van der Waals surface area contributed by atoms with Gasteiger partial charge in [-0.2, -0.15) is 0 Å². The lowest BCUT2D eigenvalue weighted by Gasteiger charge is -2.23. The van der Waals surface area contributed by atoms with Crippen molar-refractivity contribution in [3.05, 3.63) is 10.1 Å². The van der Waals surface area contributed by atoms with E-state index < -0.39 is 41.0 Å². The Labute approximate surface area is 116 Å². The predicted octanol–water partition coefficient (Wildman–Crippen LogP) is 0.660. The van der Waals surface area contributed by atoms with Crippen LogP contribution in [-0.4, -0.2) is 53.7 Å². The van der Waals surface area contributed by atoms with Crippen molar-refractivity contribution in [1.82, 2.24) is 0 Å². The number of hydrogen-bond acceptors (Lipinski definition) is 7. The zero-order chi connectivity index (χ0) is 14.7. The van der Waals surface area contributed by atoms with E-state index >= 15 is 0 Å². The molecule has 3 rings (SSSR count). The minimum Gasteiger partial charge on any atom is -0.348 e. The molecule has 1 unspecified atom stereocenters. The molecule has 20 heavy (non-hydrogen) atoms. The molecule has 0 amide bonds. The van der Waals surface area contributed by atoms with E-state index in [1.807, 2.05) is 13.8 Å². The van der Waals surface area contributed by atoms with Gasteiger partial charge in [-0.05, 0) is 27.7 Å². The van der Waals surface area contributed by atoms with Gasteiger partial charge in [0.1, 0.15) is 18.3 Å². The molecule has 3 saturated heterocycles. The summed E-state index contributed by atoms with van der Waals surface area (Å²) in [5, 5.41) is 10.7. The molecule has 0 aromatic rings. The maximum Gasteiger partial charge on any atom is 0.345 e. The molecule has 5 atom stereocenters. The van der Waals surface area contributed by atoms with Gasteiger partial charge in [0, 0.05) is 0 Å². The highest BCUT2D eigenvalue weighted by Gasteiger charge is 2.64. The van der Waals surface area contributed by atoms with E-state index in [0.29, 0.717) is 6.61 Å². The van der Waals surface area contributed by atoms with Crippen LogP contribution in [0.5, 0.6) is 0 Å². The van der Waals surface area contributed by atoms with E-state index in [0.717, 1.165) is 0 Å². The minimum absolute atomic E-state index is 0.326. The van der Waals surface area contributed by atoms with Crippen molar-refractivity contribution in [3.8, 4) is 0 Å². The highest BCUT2D eigenvalue weighted by Crippen LogP contribution is 2.42. The number of ether oxygens (including phenoxy) is 5. The highest BCUT2D eigenvalue weighted by atomic mass is 16.8. The molecule has 0 aromatic carbocycles. The van der Waals surface area contributed by atoms with Crippen LogP contribution in [0.2, 0.25) is 0 Å². The number of epoxide rings is 1. The van der Waals surface area contributed by atoms with Gasteiger partial charge < -0.3 is 18.9 Å². The molecule has 3 heterocycles. The standard InChI is InChI=1S/C12H19NO7/c1-11(2)16-5-6(18-11)7-8(20-12(3,4)19-7)9-10(17-9)13(14)15/h6-10H,5H2,1-4H3/t6?,7-,8+,9-,10+/m1/s1. The third-order valence-corrected chi connectivity index (χ3v) is 3.59. The van der Waals surface area contributed by atoms with Crippen LogP contribution >= 0.6 is 0 Å². The largest absolute Gasteiger partial charge is 0.348 e. The van der Waals surface area contributed by atoms with Gasteiger partial charge in [-0.15, -0.1) is 0 Å². The molecule has 3 aliphatic heterocycles. The van der Waals surface area contributed by atoms with Gasteiger partial charge >= 0.3 is 6.23 Å². The van der Waals surface area contributed by atoms with Gasteiger partial charge in [-0.3, -0.25) is 14.9 Å². The lowest BCUT2D eigenvalue weighted by molar-refractivity contribution is -0.516. The Balaban J connectivity index is 1.73. The van der Waals surface area contributed by atoms with Crippen LogP contribution in [0.4, 0.5) is 0 Å². The Bertz CT molecular complexity index is 424. The van der Waals surface area contributed by atoms with Crippen molar-refractivity contribution in [2.75, 3.05) is 6.61 Å². The SMILES string of the molecule is CC1(C)OCC([C@H]2OC(C)(C)O[C@@H]2[C@H]2O[C@@H]2[N+](=O)[O-])O1. The van der Waals surface area contributed by atoms with Crippen LogP contribution in [0.25, 0.3) is 0 Å². The fourth-order valence-corrected chi connectivity index (χ4v) is 2.76. The topological polar surface area (TPSA) is 92.6 Å². The summed E-state index contributed by atoms with van der Waals surface area (Å²) in [5.41, 5.74) is 0. The molecule has 3 fully saturated rings. The van der Waals surface area contributed by atoms with E-state index in [1.165, 1.54) is 0 Å². The van der Waals surface area contributed by atoms with Crippen LogP contribution in [0.1, 0.15) is 27.7 Å². The molecule has 0 bridgehead atoms. The van der Waals surface area contributed by atoms with Crippen molar-refractivity contribution >= 4 is 0 Å². The molecular formula is C12H19NO7. The summed E-state index contributed by atoms with van der Waals surface area (Å²) in [6.07, 6.45) is -2.91. The molecule has 0 N–H and O–H groups in total. The van der Waals surface area contributed by atoms with E-state index in [1.54, 1.807) is 13.8 Å². The second-order valence-electron chi connectivity index (χ2n) is 6.21. The summed E-state index contributed by atoms with van der Waals surface area (Å²) in [6, 6.07) is 0. The van der Waals surface area contributed by atoms with Crippen molar-refractivity contribution in [2.45, 2.75) is 69.9 Å². The van der Waals surface area contributed by atoms with Gasteiger partial charge in [0.05, 0.1) is 11.5 Å². The van der Waals surface area contributed by atoms with Crippen LogP contribution in [-0.2, 0) is 23.7 Å². The molecule has 8 heteroatoms. The van der Waals surface area contributed by atoms with Crippen molar-refractivity contribution in [3.63, 3.8) is 0 Å². The summed E-state index contributed by atoms with van der Waals surface area (Å²) < 4.78 is 28.0. The maximum atomic E-state index is 10.7. The molecule has 114 valence electrons. The summed E-state index contributed by atoms with van der Waals surface area (Å²) >= 11 is 0. The Hall–Kier alpha value is -0.800. The maximum absolute atomic E-state index is 10.7. The lowest BCUT2D eigenvalue weighted by atomic mass is 10.1. The molecule has 0 aromatic heterocycles. The summed E-state index contributed by atoms with van der Waals surface area (Å²) in [4.78, 5) is 10.3. The second kappa shape index (κ2) is 4.35. The Kier molecular flexibility index (Phi) is 3.07. The first kappa shape index (κ1) is 14.2. The van der Waals surface area contributed by atoms with Gasteiger partial charge in [-0.1, -0.05) is 0 Å². The Morgan fingerprint density at radius 3 is 2.15 bits per heavy atom. The second-order valence-corrected chi connectivity index (χ2v) is 6.21. The normalized spacial score (nSPS) is 45.5. The van der Waals surface area contributed by atoms with Crippen LogP contribution < -0.4 is 0 Å². The molecule has 0 spiro atoms. The third kappa shape index (κ3) is 2.53. The molecule has 3 aliphatic rings. The summed E-state index contributed by atoms with van der Waals surface area (Å²) in [5.74, 6) is -1.50. The number of hydrogen-bond donors (Lipinski definition) is 0. The Morgan fingerprint density at radius 1 is 1.00 bits per heavy atom. The highest BCUT2D eigenvalue weighted by molar-refractivity contribution is 4.99. The Morgan fingerprint density at radius 2 is 1.65 bits per heavy atom. The first-order chi connectivity index (χ1) is 9.19. The van der Waals surface area contributed by atoms with E-state index in [9.17, 15) is 10.1 Å². The number of nitro groups is 1. The molecule has 8 nitrogen and oxygen atoms in total. The quantitative estimate of drug-likeness (QED) is 0.428. The van der Waals surface area contributed by atoms with Gasteiger partial charge in [0.25, 0.3) is 0 Å². The molecule has 0 radical (unpaired) electrons. The molecule has 0 aliphatic carbocycles. The first-order valence-corrected chi connectivity index (χ1v) is 6.65. The fourth-order valence-electron chi connectivity index (χ4n) is 2.76. The minimum atomic E-state index is -1.02. The van der Waals surface area contributed by atoms with Gasteiger partial charge in [0.2, 0.25) is 0 Å². The number of nitrogens with zero attached hydrogens (tertiary/aromatic N) is 1. The average Bonchev–Trinajstić information content (AvgIpc) is 2.94. The monoisotopic (exact) mass is 289 g/mol. The molecular weight excluding hydrogens is 270 g/mol. The molecule has 0 saturated carbocycles. The lowest BCUT2D eigenvalue weighted by Crippen LogP contribution is -2.41. The van der Waals surface area contributed by atoms with E-state index in [-0.39, 0.29) is 6.10 Å². The summed E-state index contributed by atoms with van der Waals surface area (Å²) in [7, 11) is 0. The fraction of sp³-hybridized carbons (Fsp3) is 1.00. The van der Waals surface area contributed by atoms with Gasteiger partial charge in [0.15, 0.2) is 17.7 Å². The first-order valence-electron chi connectivity index (χ1n) is 6.65. The zero-order valence-electron chi connectivity index (χ0n) is 11.9. The third-order valence-electron chi connectivity index (χ3n) is 3.59. The van der Waals surface area contributed by atoms with Crippen LogP contribution in [0, 0.1) is 10.1 Å². The van der Waals surface area contributed by atoms with Crippen molar-refractivity contribution < 1.29 is 28.6 Å². The van der Waals surface area contributed by atoms with Crippen molar-refractivity contribution in [1.29, 1.82) is 0 Å². The van der Waals surface area contributed by atoms with Crippen molar-refractivity contribution in [2.24, 2.45) is 0 Å². The summed E-state index contributed by atoms with van der Waals surface area (Å²) in [6.45, 7) is 7.53. The van der Waals surface area contributed by atoms with E-state index in [2.05, 4.69) is 0 Å². The van der Waals surface area contributed by atoms with Crippen LogP contribution in [0.3, 0.4) is 0 Å². The smallest absolute Gasteiger partial charge is 0.345 e.